The van der Waals surface area contributed by atoms with Gasteiger partial charge in [0.25, 0.3) is 0 Å². The van der Waals surface area contributed by atoms with Gasteiger partial charge in [0.15, 0.2) is 9.84 Å². The molecule has 0 spiro atoms. The number of aromatic nitrogens is 2. The Morgan fingerprint density at radius 1 is 1.30 bits per heavy atom. The molecule has 2 N–H and O–H groups in total. The van der Waals surface area contributed by atoms with Gasteiger partial charge in [-0.05, 0) is 24.4 Å². The summed E-state index contributed by atoms with van der Waals surface area (Å²) in [5, 5.41) is 2.83. The second-order valence-electron chi connectivity index (χ2n) is 4.95. The van der Waals surface area contributed by atoms with Crippen LogP contribution in [0.25, 0.3) is 10.2 Å². The predicted molar refractivity (Wildman–Crippen MR) is 80.4 cm³/mol. The molecule has 8 heteroatoms. The number of hydrogen-bond acceptors (Lipinski definition) is 7. The van der Waals surface area contributed by atoms with Crippen LogP contribution in [-0.2, 0) is 16.4 Å². The van der Waals surface area contributed by atoms with Crippen LogP contribution in [0.1, 0.15) is 12.2 Å². The van der Waals surface area contributed by atoms with Crippen molar-refractivity contribution in [2.45, 2.75) is 13.0 Å². The molecule has 108 valence electrons. The third-order valence-electron chi connectivity index (χ3n) is 3.41. The quantitative estimate of drug-likeness (QED) is 0.886. The van der Waals surface area contributed by atoms with Crippen molar-refractivity contribution in [3.05, 3.63) is 17.3 Å². The van der Waals surface area contributed by atoms with E-state index >= 15 is 0 Å². The summed E-state index contributed by atoms with van der Waals surface area (Å²) >= 11 is 1.54. The van der Waals surface area contributed by atoms with E-state index in [9.17, 15) is 8.42 Å². The van der Waals surface area contributed by atoms with Crippen LogP contribution in [-0.4, -0.2) is 47.9 Å². The maximum atomic E-state index is 11.6. The first-order valence-corrected chi connectivity index (χ1v) is 9.16. The van der Waals surface area contributed by atoms with Crippen LogP contribution in [0, 0.1) is 0 Å². The number of nitrogens with zero attached hydrogens (tertiary/aromatic N) is 3. The van der Waals surface area contributed by atoms with Crippen LogP contribution < -0.4 is 5.73 Å². The highest BCUT2D eigenvalue weighted by molar-refractivity contribution is 7.91. The second-order valence-corrected chi connectivity index (χ2v) is 8.14. The van der Waals surface area contributed by atoms with Gasteiger partial charge >= 0.3 is 0 Å². The zero-order valence-electron chi connectivity index (χ0n) is 10.9. The predicted octanol–water partition coefficient (Wildman–Crippen LogP) is 0.894. The van der Waals surface area contributed by atoms with Gasteiger partial charge in [0.05, 0.1) is 23.4 Å². The van der Waals surface area contributed by atoms with Crippen molar-refractivity contribution < 1.29 is 8.42 Å². The van der Waals surface area contributed by atoms with E-state index in [4.69, 9.17) is 5.73 Å². The van der Waals surface area contributed by atoms with Crippen molar-refractivity contribution in [1.29, 1.82) is 0 Å². The zero-order chi connectivity index (χ0) is 14.2. The van der Waals surface area contributed by atoms with Gasteiger partial charge in [-0.3, -0.25) is 4.90 Å². The minimum absolute atomic E-state index is 0.212. The van der Waals surface area contributed by atoms with E-state index in [1.165, 1.54) is 11.3 Å². The standard InChI is InChI=1S/C12H16N4O2S2/c13-11-9-2-5-19-12(9)15-10(14-11)8-16-3-1-6-20(17,18)7-4-16/h2,5H,1,3-4,6-8H2,(H2,13,14,15). The van der Waals surface area contributed by atoms with Crippen LogP contribution in [0.5, 0.6) is 0 Å². The molecule has 1 aliphatic heterocycles. The third kappa shape index (κ3) is 2.92. The number of rotatable bonds is 2. The van der Waals surface area contributed by atoms with Crippen LogP contribution in [0.15, 0.2) is 11.4 Å². The molecule has 2 aromatic rings. The highest BCUT2D eigenvalue weighted by Crippen LogP contribution is 2.23. The fraction of sp³-hybridized carbons (Fsp3) is 0.500. The maximum Gasteiger partial charge on any atom is 0.151 e. The number of sulfone groups is 1. The monoisotopic (exact) mass is 312 g/mol. The molecule has 0 amide bonds. The van der Waals surface area contributed by atoms with Crippen molar-refractivity contribution in [1.82, 2.24) is 14.9 Å². The van der Waals surface area contributed by atoms with Gasteiger partial charge in [-0.2, -0.15) is 0 Å². The lowest BCUT2D eigenvalue weighted by Gasteiger charge is -2.18. The van der Waals surface area contributed by atoms with E-state index in [1.807, 2.05) is 11.4 Å². The molecule has 0 radical (unpaired) electrons. The lowest BCUT2D eigenvalue weighted by Crippen LogP contribution is -2.27. The molecule has 1 saturated heterocycles. The molecule has 0 bridgehead atoms. The minimum Gasteiger partial charge on any atom is -0.383 e. The summed E-state index contributed by atoms with van der Waals surface area (Å²) in [5.41, 5.74) is 5.92. The van der Waals surface area contributed by atoms with Gasteiger partial charge in [0.1, 0.15) is 16.5 Å². The van der Waals surface area contributed by atoms with E-state index in [-0.39, 0.29) is 11.5 Å². The van der Waals surface area contributed by atoms with Gasteiger partial charge in [0.2, 0.25) is 0 Å². The highest BCUT2D eigenvalue weighted by Gasteiger charge is 2.20. The molecule has 0 saturated carbocycles. The van der Waals surface area contributed by atoms with Gasteiger partial charge in [-0.25, -0.2) is 18.4 Å². The van der Waals surface area contributed by atoms with Crippen molar-refractivity contribution in [3.63, 3.8) is 0 Å². The van der Waals surface area contributed by atoms with Gasteiger partial charge in [0, 0.05) is 6.54 Å². The first-order valence-electron chi connectivity index (χ1n) is 6.46. The van der Waals surface area contributed by atoms with E-state index in [0.717, 1.165) is 16.8 Å². The molecule has 0 aromatic carbocycles. The Morgan fingerprint density at radius 2 is 2.15 bits per heavy atom. The normalized spacial score (nSPS) is 20.0. The number of anilines is 1. The van der Waals surface area contributed by atoms with Crippen molar-refractivity contribution in [2.75, 3.05) is 30.3 Å². The summed E-state index contributed by atoms with van der Waals surface area (Å²) in [5.74, 6) is 1.64. The van der Waals surface area contributed by atoms with Crippen LogP contribution >= 0.6 is 11.3 Å². The molecule has 1 aliphatic rings. The highest BCUT2D eigenvalue weighted by atomic mass is 32.2. The first-order chi connectivity index (χ1) is 9.53. The van der Waals surface area contributed by atoms with E-state index < -0.39 is 9.84 Å². The fourth-order valence-corrected chi connectivity index (χ4v) is 4.44. The summed E-state index contributed by atoms with van der Waals surface area (Å²) in [6.07, 6.45) is 0.666. The number of fused-ring (bicyclic) bond motifs is 1. The lowest BCUT2D eigenvalue weighted by molar-refractivity contribution is 0.280. The molecular weight excluding hydrogens is 296 g/mol. The van der Waals surface area contributed by atoms with E-state index in [1.54, 1.807) is 0 Å². The Balaban J connectivity index is 1.79. The first kappa shape index (κ1) is 13.7. The second kappa shape index (κ2) is 5.27. The fourth-order valence-electron chi connectivity index (χ4n) is 2.34. The number of hydrogen-bond donors (Lipinski definition) is 1. The van der Waals surface area contributed by atoms with E-state index in [0.29, 0.717) is 31.2 Å². The largest absolute Gasteiger partial charge is 0.383 e. The van der Waals surface area contributed by atoms with Crippen molar-refractivity contribution in [2.24, 2.45) is 0 Å². The summed E-state index contributed by atoms with van der Waals surface area (Å²) < 4.78 is 23.2. The summed E-state index contributed by atoms with van der Waals surface area (Å²) in [6, 6.07) is 1.91. The Kier molecular flexibility index (Phi) is 3.61. The van der Waals surface area contributed by atoms with Gasteiger partial charge in [-0.15, -0.1) is 11.3 Å². The zero-order valence-corrected chi connectivity index (χ0v) is 12.6. The van der Waals surface area contributed by atoms with E-state index in [2.05, 4.69) is 14.9 Å². The Morgan fingerprint density at radius 3 is 3.00 bits per heavy atom. The minimum atomic E-state index is -2.88. The van der Waals surface area contributed by atoms with Gasteiger partial charge < -0.3 is 5.73 Å². The average molecular weight is 312 g/mol. The Hall–Kier alpha value is -1.25. The molecule has 3 heterocycles. The third-order valence-corrected chi connectivity index (χ3v) is 5.94. The molecule has 20 heavy (non-hydrogen) atoms. The molecule has 0 unspecified atom stereocenters. The summed E-state index contributed by atoms with van der Waals surface area (Å²) in [6.45, 7) is 1.84. The average Bonchev–Trinajstić information content (AvgIpc) is 2.78. The smallest absolute Gasteiger partial charge is 0.151 e. The molecule has 1 fully saturated rings. The molecular formula is C12H16N4O2S2. The SMILES string of the molecule is Nc1nc(CN2CCCS(=O)(=O)CC2)nc2sccc12. The van der Waals surface area contributed by atoms with Crippen LogP contribution in [0.4, 0.5) is 5.82 Å². The Labute approximate surface area is 121 Å². The number of thiophene rings is 1. The number of nitrogen functional groups attached to an aromatic ring is 1. The molecule has 3 rings (SSSR count). The summed E-state index contributed by atoms with van der Waals surface area (Å²) in [4.78, 5) is 11.8. The van der Waals surface area contributed by atoms with Gasteiger partial charge in [-0.1, -0.05) is 0 Å². The molecule has 2 aromatic heterocycles. The molecule has 0 atom stereocenters. The molecule has 0 aliphatic carbocycles. The summed E-state index contributed by atoms with van der Waals surface area (Å²) in [7, 11) is -2.88. The topological polar surface area (TPSA) is 89.2 Å². The molecule has 6 nitrogen and oxygen atoms in total. The van der Waals surface area contributed by atoms with Crippen molar-refractivity contribution in [3.8, 4) is 0 Å². The lowest BCUT2D eigenvalue weighted by atomic mass is 10.3. The number of nitrogens with two attached hydrogens (primary N) is 1. The van der Waals surface area contributed by atoms with Crippen LogP contribution in [0.2, 0.25) is 0 Å². The van der Waals surface area contributed by atoms with Crippen molar-refractivity contribution >= 4 is 37.2 Å². The Bertz CT molecular complexity index is 726. The maximum absolute atomic E-state index is 11.6. The van der Waals surface area contributed by atoms with Crippen LogP contribution in [0.3, 0.4) is 0 Å².